The fourth-order valence-electron chi connectivity index (χ4n) is 3.63. The van der Waals surface area contributed by atoms with Gasteiger partial charge < -0.3 is 9.64 Å². The van der Waals surface area contributed by atoms with Gasteiger partial charge >= 0.3 is 0 Å². The maximum atomic E-state index is 11.7. The van der Waals surface area contributed by atoms with Crippen molar-refractivity contribution in [3.63, 3.8) is 0 Å². The molecule has 0 spiro atoms. The lowest BCUT2D eigenvalue weighted by atomic mass is 10.0. The van der Waals surface area contributed by atoms with E-state index in [2.05, 4.69) is 31.1 Å². The topological polar surface area (TPSA) is 96.9 Å². The van der Waals surface area contributed by atoms with Crippen molar-refractivity contribution in [3.05, 3.63) is 48.9 Å². The third-order valence-corrected chi connectivity index (χ3v) is 5.98. The number of aromatic nitrogens is 5. The van der Waals surface area contributed by atoms with Crippen LogP contribution < -0.4 is 4.90 Å². The molecule has 0 radical (unpaired) electrons. The van der Waals surface area contributed by atoms with Crippen molar-refractivity contribution in [3.8, 4) is 22.5 Å². The Morgan fingerprint density at radius 1 is 1.10 bits per heavy atom. The summed E-state index contributed by atoms with van der Waals surface area (Å²) < 4.78 is 17.3. The fraction of sp³-hybridized carbons (Fsp3) is 0.238. The van der Waals surface area contributed by atoms with Gasteiger partial charge in [0.1, 0.15) is 22.1 Å². The molecule has 0 bridgehead atoms. The summed E-state index contributed by atoms with van der Waals surface area (Å²) in [6.07, 6.45) is 6.88. The monoisotopic (exact) mass is 420 g/mol. The Hall–Kier alpha value is -3.17. The normalized spacial score (nSPS) is 15.4. The Kier molecular flexibility index (Phi) is 4.97. The van der Waals surface area contributed by atoms with Crippen LogP contribution in [0.25, 0.3) is 33.4 Å². The lowest BCUT2D eigenvalue weighted by Crippen LogP contribution is -2.36. The molecular weight excluding hydrogens is 400 g/mol. The second kappa shape index (κ2) is 7.92. The summed E-state index contributed by atoms with van der Waals surface area (Å²) in [6, 6.07) is 9.70. The van der Waals surface area contributed by atoms with E-state index in [-0.39, 0.29) is 0 Å². The van der Waals surface area contributed by atoms with Crippen molar-refractivity contribution in [1.29, 1.82) is 0 Å². The Labute approximate surface area is 175 Å². The van der Waals surface area contributed by atoms with Gasteiger partial charge in [-0.1, -0.05) is 6.07 Å². The van der Waals surface area contributed by atoms with Gasteiger partial charge in [0.25, 0.3) is 0 Å². The largest absolute Gasteiger partial charge is 0.378 e. The highest BCUT2D eigenvalue weighted by atomic mass is 32.2. The molecule has 1 saturated heterocycles. The SMILES string of the molecule is CS(=O)c1ccc(-c2cc(N3CCOCC3)nc3c(-c4ccn[nH]4)nccc23)cn1. The molecule has 0 amide bonds. The molecule has 1 atom stereocenters. The van der Waals surface area contributed by atoms with E-state index >= 15 is 0 Å². The maximum Gasteiger partial charge on any atom is 0.130 e. The minimum atomic E-state index is -1.12. The summed E-state index contributed by atoms with van der Waals surface area (Å²) >= 11 is 0. The van der Waals surface area contributed by atoms with Crippen molar-refractivity contribution in [2.24, 2.45) is 0 Å². The maximum absolute atomic E-state index is 11.7. The van der Waals surface area contributed by atoms with Crippen LogP contribution in [0.4, 0.5) is 5.82 Å². The first-order valence-corrected chi connectivity index (χ1v) is 11.2. The van der Waals surface area contributed by atoms with Crippen LogP contribution in [0.1, 0.15) is 0 Å². The van der Waals surface area contributed by atoms with Crippen LogP contribution in [0.5, 0.6) is 0 Å². The number of morpholine rings is 1. The molecular formula is C21H20N6O2S. The summed E-state index contributed by atoms with van der Waals surface area (Å²) in [5.74, 6) is 0.873. The van der Waals surface area contributed by atoms with E-state index in [1.807, 2.05) is 24.3 Å². The van der Waals surface area contributed by atoms with E-state index in [9.17, 15) is 4.21 Å². The summed E-state index contributed by atoms with van der Waals surface area (Å²) in [6.45, 7) is 2.91. The highest BCUT2D eigenvalue weighted by Gasteiger charge is 2.19. The van der Waals surface area contributed by atoms with E-state index in [0.29, 0.717) is 18.2 Å². The molecule has 4 aromatic rings. The number of H-pyrrole nitrogens is 1. The van der Waals surface area contributed by atoms with Gasteiger partial charge in [0.2, 0.25) is 0 Å². The first kappa shape index (κ1) is 18.8. The minimum Gasteiger partial charge on any atom is -0.378 e. The van der Waals surface area contributed by atoms with Crippen molar-refractivity contribution >= 4 is 27.5 Å². The van der Waals surface area contributed by atoms with Crippen molar-refractivity contribution in [1.82, 2.24) is 25.1 Å². The number of aromatic amines is 1. The first-order chi connectivity index (χ1) is 14.7. The van der Waals surface area contributed by atoms with Gasteiger partial charge in [-0.15, -0.1) is 0 Å². The van der Waals surface area contributed by atoms with Crippen LogP contribution in [0.2, 0.25) is 0 Å². The summed E-state index contributed by atoms with van der Waals surface area (Å²) in [5.41, 5.74) is 4.30. The molecule has 152 valence electrons. The Morgan fingerprint density at radius 3 is 2.67 bits per heavy atom. The van der Waals surface area contributed by atoms with Crippen LogP contribution in [0.15, 0.2) is 53.9 Å². The van der Waals surface area contributed by atoms with Gasteiger partial charge in [0.15, 0.2) is 0 Å². The van der Waals surface area contributed by atoms with Crippen LogP contribution in [0, 0.1) is 0 Å². The van der Waals surface area contributed by atoms with Gasteiger partial charge in [-0.25, -0.2) is 9.97 Å². The molecule has 0 saturated carbocycles. The number of fused-ring (bicyclic) bond motifs is 1. The number of nitrogens with one attached hydrogen (secondary N) is 1. The molecule has 0 aliphatic carbocycles. The quantitative estimate of drug-likeness (QED) is 0.542. The predicted molar refractivity (Wildman–Crippen MR) is 116 cm³/mol. The zero-order chi connectivity index (χ0) is 20.5. The molecule has 1 N–H and O–H groups in total. The molecule has 4 aromatic heterocycles. The number of ether oxygens (including phenoxy) is 1. The van der Waals surface area contributed by atoms with Gasteiger partial charge in [-0.2, -0.15) is 5.10 Å². The fourth-order valence-corrected chi connectivity index (χ4v) is 4.09. The van der Waals surface area contributed by atoms with E-state index in [1.165, 1.54) is 0 Å². The lowest BCUT2D eigenvalue weighted by Gasteiger charge is -2.28. The third-order valence-electron chi connectivity index (χ3n) is 5.15. The number of pyridine rings is 3. The standard InChI is InChI=1S/C21H20N6O2S/c1-30(28)19-3-2-14(13-23-19)16-12-18(27-8-10-29-11-9-27)25-20-15(16)4-6-22-21(20)17-5-7-24-26-17/h2-7,12-13H,8-11H2,1H3,(H,24,26). The summed E-state index contributed by atoms with van der Waals surface area (Å²) in [5, 5.41) is 8.59. The minimum absolute atomic E-state index is 0.560. The zero-order valence-electron chi connectivity index (χ0n) is 16.4. The van der Waals surface area contributed by atoms with E-state index in [4.69, 9.17) is 9.72 Å². The smallest absolute Gasteiger partial charge is 0.130 e. The van der Waals surface area contributed by atoms with Crippen molar-refractivity contribution in [2.75, 3.05) is 37.5 Å². The number of nitrogens with zero attached hydrogens (tertiary/aromatic N) is 5. The molecule has 1 aliphatic rings. The zero-order valence-corrected chi connectivity index (χ0v) is 17.2. The van der Waals surface area contributed by atoms with Gasteiger partial charge in [0, 0.05) is 48.9 Å². The lowest BCUT2D eigenvalue weighted by molar-refractivity contribution is 0.122. The van der Waals surface area contributed by atoms with Crippen LogP contribution in [-0.4, -0.2) is 61.9 Å². The second-order valence-electron chi connectivity index (χ2n) is 6.99. The summed E-state index contributed by atoms with van der Waals surface area (Å²) in [7, 11) is -1.12. The molecule has 5 heterocycles. The number of rotatable bonds is 4. The Bertz CT molecular complexity index is 1200. The van der Waals surface area contributed by atoms with Gasteiger partial charge in [0.05, 0.1) is 29.7 Å². The number of hydrogen-bond acceptors (Lipinski definition) is 7. The molecule has 0 aromatic carbocycles. The average molecular weight is 420 g/mol. The van der Waals surface area contributed by atoms with Crippen molar-refractivity contribution in [2.45, 2.75) is 5.03 Å². The molecule has 1 unspecified atom stereocenters. The predicted octanol–water partition coefficient (Wildman–Crippen LogP) is 2.66. The Balaban J connectivity index is 1.73. The van der Waals surface area contributed by atoms with Crippen molar-refractivity contribution < 1.29 is 8.95 Å². The average Bonchev–Trinajstić information content (AvgIpc) is 3.33. The van der Waals surface area contributed by atoms with Crippen LogP contribution >= 0.6 is 0 Å². The van der Waals surface area contributed by atoms with E-state index in [0.717, 1.165) is 52.3 Å². The summed E-state index contributed by atoms with van der Waals surface area (Å²) in [4.78, 5) is 16.2. The van der Waals surface area contributed by atoms with E-state index < -0.39 is 10.8 Å². The van der Waals surface area contributed by atoms with Crippen LogP contribution in [0.3, 0.4) is 0 Å². The highest BCUT2D eigenvalue weighted by Crippen LogP contribution is 2.34. The molecule has 1 aliphatic heterocycles. The third kappa shape index (κ3) is 3.46. The highest BCUT2D eigenvalue weighted by molar-refractivity contribution is 7.84. The molecule has 9 heteroatoms. The Morgan fingerprint density at radius 2 is 1.97 bits per heavy atom. The van der Waals surface area contributed by atoms with Gasteiger partial charge in [-0.05, 0) is 29.8 Å². The molecule has 30 heavy (non-hydrogen) atoms. The number of anilines is 1. The van der Waals surface area contributed by atoms with Crippen LogP contribution in [-0.2, 0) is 15.5 Å². The second-order valence-corrected chi connectivity index (χ2v) is 8.32. The molecule has 1 fully saturated rings. The molecule has 8 nitrogen and oxygen atoms in total. The van der Waals surface area contributed by atoms with Gasteiger partial charge in [-0.3, -0.25) is 14.3 Å². The number of hydrogen-bond donors (Lipinski definition) is 1. The molecule has 5 rings (SSSR count). The van der Waals surface area contributed by atoms with E-state index in [1.54, 1.807) is 24.8 Å². The first-order valence-electron chi connectivity index (χ1n) is 9.63.